The van der Waals surface area contributed by atoms with Crippen LogP contribution in [0.1, 0.15) is 25.7 Å². The van der Waals surface area contributed by atoms with E-state index in [9.17, 15) is 0 Å². The molecule has 3 nitrogen and oxygen atoms in total. The molecule has 0 amide bonds. The van der Waals surface area contributed by atoms with Gasteiger partial charge in [0.25, 0.3) is 0 Å². The van der Waals surface area contributed by atoms with Crippen molar-refractivity contribution < 1.29 is 4.74 Å². The summed E-state index contributed by atoms with van der Waals surface area (Å²) >= 11 is 5.87. The molecule has 0 aromatic heterocycles. The third kappa shape index (κ3) is 4.11. The topological polar surface area (TPSA) is 24.5 Å². The summed E-state index contributed by atoms with van der Waals surface area (Å²) in [5.74, 6) is 0.907. The minimum atomic E-state index is 0.686. The summed E-state index contributed by atoms with van der Waals surface area (Å²) in [7, 11) is 0. The number of hydrogen-bond acceptors (Lipinski definition) is 3. The average molecular weight is 295 g/mol. The molecule has 0 spiro atoms. The Balaban J connectivity index is 1.43. The largest absolute Gasteiger partial charge is 0.492 e. The lowest BCUT2D eigenvalue weighted by molar-refractivity contribution is 0.189. The molecular formula is C16H23ClN2O. The summed E-state index contributed by atoms with van der Waals surface area (Å²) in [6.45, 7) is 4.13. The van der Waals surface area contributed by atoms with Crippen molar-refractivity contribution in [1.82, 2.24) is 10.2 Å². The average Bonchev–Trinajstić information content (AvgIpc) is 3.18. The molecule has 1 aliphatic heterocycles. The van der Waals surface area contributed by atoms with E-state index in [0.29, 0.717) is 6.04 Å². The first-order chi connectivity index (χ1) is 9.81. The van der Waals surface area contributed by atoms with Crippen LogP contribution in [0.25, 0.3) is 0 Å². The van der Waals surface area contributed by atoms with Crippen LogP contribution in [0.4, 0.5) is 0 Å². The van der Waals surface area contributed by atoms with Crippen molar-refractivity contribution in [2.45, 2.75) is 37.8 Å². The van der Waals surface area contributed by atoms with E-state index < -0.39 is 0 Å². The van der Waals surface area contributed by atoms with E-state index in [4.69, 9.17) is 16.3 Å². The van der Waals surface area contributed by atoms with Crippen LogP contribution in [0.3, 0.4) is 0 Å². The minimum absolute atomic E-state index is 0.686. The molecule has 1 saturated carbocycles. The van der Waals surface area contributed by atoms with Gasteiger partial charge in [-0.05, 0) is 56.5 Å². The van der Waals surface area contributed by atoms with E-state index in [-0.39, 0.29) is 0 Å². The van der Waals surface area contributed by atoms with Crippen LogP contribution in [0.15, 0.2) is 24.3 Å². The van der Waals surface area contributed by atoms with Gasteiger partial charge >= 0.3 is 0 Å². The first-order valence-electron chi connectivity index (χ1n) is 7.67. The van der Waals surface area contributed by atoms with Gasteiger partial charge in [0.05, 0.1) is 0 Å². The maximum absolute atomic E-state index is 5.87. The molecule has 2 fully saturated rings. The maximum Gasteiger partial charge on any atom is 0.119 e. The Labute approximate surface area is 126 Å². The van der Waals surface area contributed by atoms with Crippen molar-refractivity contribution in [3.63, 3.8) is 0 Å². The van der Waals surface area contributed by atoms with Crippen molar-refractivity contribution >= 4 is 11.6 Å². The van der Waals surface area contributed by atoms with Gasteiger partial charge in [-0.25, -0.2) is 0 Å². The second kappa shape index (κ2) is 6.79. The number of rotatable bonds is 7. The smallest absolute Gasteiger partial charge is 0.119 e. The predicted molar refractivity (Wildman–Crippen MR) is 82.6 cm³/mol. The molecule has 0 radical (unpaired) electrons. The van der Waals surface area contributed by atoms with Gasteiger partial charge in [-0.15, -0.1) is 0 Å². The molecular weight excluding hydrogens is 272 g/mol. The van der Waals surface area contributed by atoms with Crippen molar-refractivity contribution in [2.24, 2.45) is 0 Å². The highest BCUT2D eigenvalue weighted by Gasteiger charge is 2.30. The number of hydrogen-bond donors (Lipinski definition) is 1. The molecule has 1 atom stereocenters. The zero-order valence-electron chi connectivity index (χ0n) is 11.9. The third-order valence-electron chi connectivity index (χ3n) is 4.14. The van der Waals surface area contributed by atoms with Gasteiger partial charge in [0.1, 0.15) is 12.4 Å². The summed E-state index contributed by atoms with van der Waals surface area (Å²) in [5.41, 5.74) is 0. The van der Waals surface area contributed by atoms with E-state index in [1.165, 1.54) is 38.8 Å². The highest BCUT2D eigenvalue weighted by Crippen LogP contribution is 2.27. The third-order valence-corrected chi connectivity index (χ3v) is 4.39. The Morgan fingerprint density at radius 3 is 2.65 bits per heavy atom. The lowest BCUT2D eigenvalue weighted by atomic mass is 10.2. The van der Waals surface area contributed by atoms with E-state index in [0.717, 1.165) is 30.0 Å². The highest BCUT2D eigenvalue weighted by molar-refractivity contribution is 6.30. The summed E-state index contributed by atoms with van der Waals surface area (Å²) in [6.07, 6.45) is 5.35. The number of ether oxygens (including phenoxy) is 1. The van der Waals surface area contributed by atoms with Crippen LogP contribution in [0.5, 0.6) is 5.75 Å². The second-order valence-electron chi connectivity index (χ2n) is 5.82. The number of benzene rings is 1. The SMILES string of the molecule is Clc1ccc(OCCN(CC2CCCN2)C2CC2)cc1. The van der Waals surface area contributed by atoms with Crippen LogP contribution >= 0.6 is 11.6 Å². The fourth-order valence-corrected chi connectivity index (χ4v) is 3.00. The Hall–Kier alpha value is -0.770. The van der Waals surface area contributed by atoms with Crippen molar-refractivity contribution in [3.8, 4) is 5.75 Å². The quantitative estimate of drug-likeness (QED) is 0.837. The van der Waals surface area contributed by atoms with Crippen molar-refractivity contribution in [3.05, 3.63) is 29.3 Å². The zero-order valence-corrected chi connectivity index (χ0v) is 12.6. The molecule has 1 aliphatic carbocycles. The molecule has 1 unspecified atom stereocenters. The monoisotopic (exact) mass is 294 g/mol. The first-order valence-corrected chi connectivity index (χ1v) is 8.05. The van der Waals surface area contributed by atoms with E-state index in [2.05, 4.69) is 10.2 Å². The fourth-order valence-electron chi connectivity index (χ4n) is 2.87. The summed E-state index contributed by atoms with van der Waals surface area (Å²) in [6, 6.07) is 9.10. The number of nitrogens with one attached hydrogen (secondary N) is 1. The lowest BCUT2D eigenvalue weighted by Gasteiger charge is -2.25. The second-order valence-corrected chi connectivity index (χ2v) is 6.26. The van der Waals surface area contributed by atoms with Crippen LogP contribution in [0.2, 0.25) is 5.02 Å². The normalized spacial score (nSPS) is 22.4. The van der Waals surface area contributed by atoms with Gasteiger partial charge in [-0.2, -0.15) is 0 Å². The molecule has 0 bridgehead atoms. The van der Waals surface area contributed by atoms with Gasteiger partial charge in [-0.1, -0.05) is 11.6 Å². The fraction of sp³-hybridized carbons (Fsp3) is 0.625. The summed E-state index contributed by atoms with van der Waals surface area (Å²) < 4.78 is 5.81. The molecule has 110 valence electrons. The lowest BCUT2D eigenvalue weighted by Crippen LogP contribution is -2.40. The Morgan fingerprint density at radius 2 is 2.00 bits per heavy atom. The van der Waals surface area contributed by atoms with Gasteiger partial charge in [0.2, 0.25) is 0 Å². The summed E-state index contributed by atoms with van der Waals surface area (Å²) in [5, 5.41) is 4.34. The van der Waals surface area contributed by atoms with Crippen LogP contribution in [-0.4, -0.2) is 43.2 Å². The first kappa shape index (κ1) is 14.2. The van der Waals surface area contributed by atoms with Gasteiger partial charge in [0, 0.05) is 30.2 Å². The molecule has 1 aromatic rings. The Morgan fingerprint density at radius 1 is 1.20 bits per heavy atom. The minimum Gasteiger partial charge on any atom is -0.492 e. The van der Waals surface area contributed by atoms with E-state index in [1.807, 2.05) is 24.3 Å². The molecule has 20 heavy (non-hydrogen) atoms. The molecule has 3 rings (SSSR count). The van der Waals surface area contributed by atoms with Gasteiger partial charge in [0.15, 0.2) is 0 Å². The molecule has 1 heterocycles. The molecule has 1 saturated heterocycles. The molecule has 1 aromatic carbocycles. The zero-order chi connectivity index (χ0) is 13.8. The molecule has 4 heteroatoms. The Bertz CT molecular complexity index is 413. The van der Waals surface area contributed by atoms with Gasteiger partial charge in [-0.3, -0.25) is 4.90 Å². The summed E-state index contributed by atoms with van der Waals surface area (Å²) in [4.78, 5) is 2.60. The van der Waals surface area contributed by atoms with E-state index >= 15 is 0 Å². The van der Waals surface area contributed by atoms with Crippen LogP contribution in [-0.2, 0) is 0 Å². The molecule has 1 N–H and O–H groups in total. The Kier molecular flexibility index (Phi) is 4.81. The number of nitrogens with zero attached hydrogens (tertiary/aromatic N) is 1. The predicted octanol–water partition coefficient (Wildman–Crippen LogP) is 2.94. The van der Waals surface area contributed by atoms with Gasteiger partial charge < -0.3 is 10.1 Å². The van der Waals surface area contributed by atoms with E-state index in [1.54, 1.807) is 0 Å². The number of halogens is 1. The van der Waals surface area contributed by atoms with Crippen molar-refractivity contribution in [2.75, 3.05) is 26.2 Å². The van der Waals surface area contributed by atoms with Crippen LogP contribution in [0, 0.1) is 0 Å². The maximum atomic E-state index is 5.87. The molecule has 2 aliphatic rings. The van der Waals surface area contributed by atoms with Crippen molar-refractivity contribution in [1.29, 1.82) is 0 Å². The van der Waals surface area contributed by atoms with Crippen LogP contribution < -0.4 is 10.1 Å². The standard InChI is InChI=1S/C16H23ClN2O/c17-13-3-7-16(8-4-13)20-11-10-19(15-5-6-15)12-14-2-1-9-18-14/h3-4,7-8,14-15,18H,1-2,5-6,9-12H2. The highest BCUT2D eigenvalue weighted by atomic mass is 35.5.